The first-order chi connectivity index (χ1) is 9.10. The second kappa shape index (κ2) is 7.79. The molecule has 1 aromatic rings. The van der Waals surface area contributed by atoms with Crippen LogP contribution in [0.1, 0.15) is 24.5 Å². The molecular formula is C15H23NO3. The van der Waals surface area contributed by atoms with E-state index in [0.717, 1.165) is 16.9 Å². The van der Waals surface area contributed by atoms with Gasteiger partial charge in [0.1, 0.15) is 5.75 Å². The van der Waals surface area contributed by atoms with Gasteiger partial charge < -0.3 is 14.7 Å². The normalized spacial score (nSPS) is 10.3. The van der Waals surface area contributed by atoms with Gasteiger partial charge in [-0.1, -0.05) is 12.1 Å². The molecule has 1 aromatic carbocycles. The van der Waals surface area contributed by atoms with Gasteiger partial charge in [0.05, 0.1) is 0 Å². The average Bonchev–Trinajstić information content (AvgIpc) is 2.41. The van der Waals surface area contributed by atoms with Crippen LogP contribution in [-0.2, 0) is 4.79 Å². The zero-order valence-electron chi connectivity index (χ0n) is 12.0. The molecule has 19 heavy (non-hydrogen) atoms. The first kappa shape index (κ1) is 15.5. The molecule has 1 rings (SSSR count). The third kappa shape index (κ3) is 4.56. The Balaban J connectivity index is 2.55. The number of benzene rings is 1. The molecule has 0 aliphatic carbocycles. The van der Waals surface area contributed by atoms with Gasteiger partial charge in [-0.2, -0.15) is 0 Å². The predicted octanol–water partition coefficient (Wildman–Crippen LogP) is 1.91. The van der Waals surface area contributed by atoms with E-state index in [1.807, 2.05) is 39.0 Å². The quantitative estimate of drug-likeness (QED) is 0.819. The van der Waals surface area contributed by atoms with Gasteiger partial charge in [0.25, 0.3) is 5.91 Å². The molecule has 0 bridgehead atoms. The largest absolute Gasteiger partial charge is 0.483 e. The summed E-state index contributed by atoms with van der Waals surface area (Å²) in [5, 5.41) is 8.80. The van der Waals surface area contributed by atoms with Crippen molar-refractivity contribution in [2.24, 2.45) is 0 Å². The highest BCUT2D eigenvalue weighted by Crippen LogP contribution is 2.20. The Kier molecular flexibility index (Phi) is 6.36. The lowest BCUT2D eigenvalue weighted by atomic mass is 10.1. The van der Waals surface area contributed by atoms with Crippen LogP contribution in [0.25, 0.3) is 0 Å². The molecule has 0 unspecified atom stereocenters. The van der Waals surface area contributed by atoms with E-state index in [1.165, 1.54) is 0 Å². The van der Waals surface area contributed by atoms with E-state index in [0.29, 0.717) is 19.5 Å². The molecule has 0 atom stereocenters. The summed E-state index contributed by atoms with van der Waals surface area (Å²) in [4.78, 5) is 13.7. The molecule has 0 saturated heterocycles. The summed E-state index contributed by atoms with van der Waals surface area (Å²) in [5.41, 5.74) is 2.21. The van der Waals surface area contributed by atoms with Crippen molar-refractivity contribution >= 4 is 5.91 Å². The molecule has 1 N–H and O–H groups in total. The topological polar surface area (TPSA) is 49.8 Å². The van der Waals surface area contributed by atoms with E-state index >= 15 is 0 Å². The number of aliphatic hydroxyl groups is 1. The fraction of sp³-hybridized carbons (Fsp3) is 0.533. The van der Waals surface area contributed by atoms with Gasteiger partial charge in [-0.3, -0.25) is 4.79 Å². The van der Waals surface area contributed by atoms with Gasteiger partial charge >= 0.3 is 0 Å². The van der Waals surface area contributed by atoms with Crippen molar-refractivity contribution in [2.75, 3.05) is 26.3 Å². The number of likely N-dealkylation sites (N-methyl/N-ethyl adjacent to an activating group) is 1. The molecule has 0 heterocycles. The Labute approximate surface area is 115 Å². The Hall–Kier alpha value is -1.55. The fourth-order valence-corrected chi connectivity index (χ4v) is 1.83. The van der Waals surface area contributed by atoms with Crippen LogP contribution in [0.5, 0.6) is 5.75 Å². The number of aliphatic hydroxyl groups excluding tert-OH is 1. The van der Waals surface area contributed by atoms with Crippen molar-refractivity contribution in [2.45, 2.75) is 27.2 Å². The molecule has 4 heteroatoms. The van der Waals surface area contributed by atoms with Crippen LogP contribution >= 0.6 is 0 Å². The molecule has 4 nitrogen and oxygen atoms in total. The highest BCUT2D eigenvalue weighted by atomic mass is 16.5. The van der Waals surface area contributed by atoms with Gasteiger partial charge in [-0.25, -0.2) is 0 Å². The highest BCUT2D eigenvalue weighted by molar-refractivity contribution is 5.77. The Morgan fingerprint density at radius 2 is 2.11 bits per heavy atom. The maximum Gasteiger partial charge on any atom is 0.260 e. The van der Waals surface area contributed by atoms with E-state index in [2.05, 4.69) is 0 Å². The number of carbonyl (C=O) groups excluding carboxylic acids is 1. The number of amides is 1. The van der Waals surface area contributed by atoms with E-state index in [1.54, 1.807) is 4.90 Å². The van der Waals surface area contributed by atoms with Gasteiger partial charge in [0.2, 0.25) is 0 Å². The number of nitrogens with zero attached hydrogens (tertiary/aromatic N) is 1. The molecule has 1 amide bonds. The van der Waals surface area contributed by atoms with Crippen molar-refractivity contribution in [3.05, 3.63) is 29.3 Å². The SMILES string of the molecule is CCN(CCCO)C(=O)COc1cccc(C)c1C. The number of rotatable bonds is 7. The molecule has 0 saturated carbocycles. The van der Waals surface area contributed by atoms with E-state index in [-0.39, 0.29) is 19.1 Å². The zero-order valence-corrected chi connectivity index (χ0v) is 12.0. The van der Waals surface area contributed by atoms with Gasteiger partial charge in [-0.15, -0.1) is 0 Å². The Morgan fingerprint density at radius 1 is 1.37 bits per heavy atom. The summed E-state index contributed by atoms with van der Waals surface area (Å²) in [5.74, 6) is 0.711. The Bertz CT molecular complexity index is 418. The van der Waals surface area contributed by atoms with Crippen LogP contribution < -0.4 is 4.74 Å². The standard InChI is InChI=1S/C15H23NO3/c1-4-16(9-6-10-17)15(18)11-19-14-8-5-7-12(2)13(14)3/h5,7-8,17H,4,6,9-11H2,1-3H3. The summed E-state index contributed by atoms with van der Waals surface area (Å²) < 4.78 is 5.59. The summed E-state index contributed by atoms with van der Waals surface area (Å²) in [6, 6.07) is 5.81. The van der Waals surface area contributed by atoms with E-state index in [4.69, 9.17) is 9.84 Å². The molecule has 0 aliphatic rings. The van der Waals surface area contributed by atoms with Crippen molar-refractivity contribution < 1.29 is 14.6 Å². The lowest BCUT2D eigenvalue weighted by molar-refractivity contribution is -0.133. The summed E-state index contributed by atoms with van der Waals surface area (Å²) in [6.45, 7) is 7.28. The van der Waals surface area contributed by atoms with Crippen LogP contribution in [0.4, 0.5) is 0 Å². The average molecular weight is 265 g/mol. The zero-order chi connectivity index (χ0) is 14.3. The third-order valence-electron chi connectivity index (χ3n) is 3.23. The number of carbonyl (C=O) groups is 1. The van der Waals surface area contributed by atoms with Crippen LogP contribution in [0.3, 0.4) is 0 Å². The highest BCUT2D eigenvalue weighted by Gasteiger charge is 2.12. The summed E-state index contributed by atoms with van der Waals surface area (Å²) in [6.07, 6.45) is 0.600. The lowest BCUT2D eigenvalue weighted by Gasteiger charge is -2.21. The number of hydrogen-bond acceptors (Lipinski definition) is 3. The molecular weight excluding hydrogens is 242 g/mol. The Morgan fingerprint density at radius 3 is 2.74 bits per heavy atom. The minimum Gasteiger partial charge on any atom is -0.483 e. The van der Waals surface area contributed by atoms with Crippen molar-refractivity contribution in [3.8, 4) is 5.75 Å². The number of aryl methyl sites for hydroxylation is 1. The van der Waals surface area contributed by atoms with Crippen LogP contribution in [0.2, 0.25) is 0 Å². The van der Waals surface area contributed by atoms with Crippen molar-refractivity contribution in [3.63, 3.8) is 0 Å². The second-order valence-corrected chi connectivity index (χ2v) is 4.54. The molecule has 106 valence electrons. The van der Waals surface area contributed by atoms with Crippen molar-refractivity contribution in [1.82, 2.24) is 4.90 Å². The lowest BCUT2D eigenvalue weighted by Crippen LogP contribution is -2.35. The number of ether oxygens (including phenoxy) is 1. The predicted molar refractivity (Wildman–Crippen MR) is 75.4 cm³/mol. The third-order valence-corrected chi connectivity index (χ3v) is 3.23. The molecule has 0 aromatic heterocycles. The van der Waals surface area contributed by atoms with E-state index in [9.17, 15) is 4.79 Å². The second-order valence-electron chi connectivity index (χ2n) is 4.54. The molecule has 0 aliphatic heterocycles. The minimum absolute atomic E-state index is 0.0446. The number of hydrogen-bond donors (Lipinski definition) is 1. The van der Waals surface area contributed by atoms with Gasteiger partial charge in [-0.05, 0) is 44.4 Å². The maximum atomic E-state index is 12.0. The maximum absolute atomic E-state index is 12.0. The minimum atomic E-state index is -0.0446. The molecule has 0 fully saturated rings. The van der Waals surface area contributed by atoms with Gasteiger partial charge in [0.15, 0.2) is 6.61 Å². The fourth-order valence-electron chi connectivity index (χ4n) is 1.83. The van der Waals surface area contributed by atoms with E-state index < -0.39 is 0 Å². The smallest absolute Gasteiger partial charge is 0.260 e. The first-order valence-electron chi connectivity index (χ1n) is 6.67. The van der Waals surface area contributed by atoms with Gasteiger partial charge in [0, 0.05) is 19.7 Å². The van der Waals surface area contributed by atoms with Crippen LogP contribution in [0, 0.1) is 13.8 Å². The van der Waals surface area contributed by atoms with Crippen LogP contribution in [-0.4, -0.2) is 42.2 Å². The van der Waals surface area contributed by atoms with Crippen LogP contribution in [0.15, 0.2) is 18.2 Å². The molecule has 0 spiro atoms. The summed E-state index contributed by atoms with van der Waals surface area (Å²) in [7, 11) is 0. The monoisotopic (exact) mass is 265 g/mol. The first-order valence-corrected chi connectivity index (χ1v) is 6.67. The van der Waals surface area contributed by atoms with Crippen molar-refractivity contribution in [1.29, 1.82) is 0 Å². The molecule has 0 radical (unpaired) electrons. The summed E-state index contributed by atoms with van der Waals surface area (Å²) >= 11 is 0.